The van der Waals surface area contributed by atoms with Crippen LogP contribution in [0.25, 0.3) is 0 Å². The molecule has 3 amide bonds. The van der Waals surface area contributed by atoms with E-state index in [1.54, 1.807) is 48.5 Å². The number of nitrogens with one attached hydrogen (secondary N) is 2. The van der Waals surface area contributed by atoms with Crippen LogP contribution in [0.3, 0.4) is 0 Å². The van der Waals surface area contributed by atoms with Crippen molar-refractivity contribution in [2.24, 2.45) is 5.92 Å². The Morgan fingerprint density at radius 2 is 1.76 bits per heavy atom. The van der Waals surface area contributed by atoms with Gasteiger partial charge in [-0.2, -0.15) is 0 Å². The number of anilines is 2. The maximum absolute atomic E-state index is 13.0. The minimum absolute atomic E-state index is 0.0803. The summed E-state index contributed by atoms with van der Waals surface area (Å²) in [5.74, 6) is -1.96. The number of fused-ring (bicyclic) bond motifs is 1. The lowest BCUT2D eigenvalue weighted by atomic mass is 10.0. The summed E-state index contributed by atoms with van der Waals surface area (Å²) in [7, 11) is 0. The van der Waals surface area contributed by atoms with E-state index < -0.39 is 29.9 Å². The van der Waals surface area contributed by atoms with Crippen LogP contribution in [0, 0.1) is 5.92 Å². The number of carbonyl (C=O) groups excluding carboxylic acids is 4. The van der Waals surface area contributed by atoms with Crippen LogP contribution in [0.2, 0.25) is 5.02 Å². The number of esters is 1. The minimum Gasteiger partial charge on any atom is -0.451 e. The van der Waals surface area contributed by atoms with Gasteiger partial charge in [-0.15, -0.1) is 0 Å². The fourth-order valence-corrected chi connectivity index (χ4v) is 3.61. The molecule has 1 aliphatic rings. The summed E-state index contributed by atoms with van der Waals surface area (Å²) in [6.07, 6.45) is -0.827. The number of halogens is 1. The predicted octanol–water partition coefficient (Wildman–Crippen LogP) is 3.40. The van der Waals surface area contributed by atoms with E-state index in [-0.39, 0.29) is 18.4 Å². The van der Waals surface area contributed by atoms with E-state index in [4.69, 9.17) is 16.3 Å². The fraction of sp³-hybridized carbons (Fsp3) is 0.333. The van der Waals surface area contributed by atoms with Crippen LogP contribution in [0.15, 0.2) is 48.5 Å². The summed E-state index contributed by atoms with van der Waals surface area (Å²) in [6.45, 7) is 5.09. The number of hydrogen-bond donors (Lipinski definition) is 2. The van der Waals surface area contributed by atoms with Gasteiger partial charge in [0.1, 0.15) is 12.6 Å². The molecule has 0 spiro atoms. The number of nitrogens with zero attached hydrogens (tertiary/aromatic N) is 1. The second kappa shape index (κ2) is 10.5. The van der Waals surface area contributed by atoms with Crippen molar-refractivity contribution in [1.82, 2.24) is 5.32 Å². The summed E-state index contributed by atoms with van der Waals surface area (Å²) in [5.41, 5.74) is 1.38. The van der Waals surface area contributed by atoms with Crippen molar-refractivity contribution >= 4 is 46.7 Å². The van der Waals surface area contributed by atoms with Gasteiger partial charge < -0.3 is 15.4 Å². The molecule has 0 aromatic heterocycles. The molecule has 1 heterocycles. The van der Waals surface area contributed by atoms with E-state index in [0.29, 0.717) is 28.4 Å². The monoisotopic (exact) mass is 471 g/mol. The zero-order valence-corrected chi connectivity index (χ0v) is 19.4. The first kappa shape index (κ1) is 24.3. The third kappa shape index (κ3) is 6.10. The molecular weight excluding hydrogens is 446 g/mol. The average molecular weight is 472 g/mol. The number of carbonyl (C=O) groups is 4. The molecule has 0 saturated carbocycles. The van der Waals surface area contributed by atoms with Crippen LogP contribution in [0.5, 0.6) is 0 Å². The zero-order valence-electron chi connectivity index (χ0n) is 18.6. The molecule has 33 heavy (non-hydrogen) atoms. The molecule has 0 radical (unpaired) electrons. The Kier molecular flexibility index (Phi) is 7.71. The third-order valence-corrected chi connectivity index (χ3v) is 5.33. The Hall–Kier alpha value is -3.39. The van der Waals surface area contributed by atoms with Crippen LogP contribution in [0.4, 0.5) is 11.4 Å². The second-order valence-corrected chi connectivity index (χ2v) is 8.67. The molecule has 2 atom stereocenters. The van der Waals surface area contributed by atoms with Gasteiger partial charge in [0.25, 0.3) is 11.8 Å². The quantitative estimate of drug-likeness (QED) is 0.602. The van der Waals surface area contributed by atoms with Crippen molar-refractivity contribution in [3.8, 4) is 0 Å². The maximum atomic E-state index is 13.0. The van der Waals surface area contributed by atoms with Gasteiger partial charge in [0.15, 0.2) is 6.10 Å². The van der Waals surface area contributed by atoms with Crippen LogP contribution < -0.4 is 15.5 Å². The lowest BCUT2D eigenvalue weighted by molar-refractivity contribution is -0.156. The smallest absolute Gasteiger partial charge is 0.329 e. The number of rotatable bonds is 7. The Bertz CT molecular complexity index is 1050. The van der Waals surface area contributed by atoms with Gasteiger partial charge in [0, 0.05) is 10.6 Å². The van der Waals surface area contributed by atoms with Crippen molar-refractivity contribution in [2.45, 2.75) is 39.3 Å². The SMILES string of the molecule is CC(C)CC(NC(=O)c1ccc(Cl)cc1)C(=O)OC(C)C(=O)N1CC(=O)Nc2ccccc21. The number of ether oxygens (including phenoxy) is 1. The van der Waals surface area contributed by atoms with Crippen molar-refractivity contribution in [3.63, 3.8) is 0 Å². The molecule has 9 heteroatoms. The fourth-order valence-electron chi connectivity index (χ4n) is 3.48. The molecule has 2 N–H and O–H groups in total. The molecule has 0 fully saturated rings. The van der Waals surface area contributed by atoms with E-state index in [1.165, 1.54) is 11.8 Å². The van der Waals surface area contributed by atoms with Crippen LogP contribution in [0.1, 0.15) is 37.6 Å². The molecule has 174 valence electrons. The maximum Gasteiger partial charge on any atom is 0.329 e. The van der Waals surface area contributed by atoms with Crippen molar-refractivity contribution in [3.05, 3.63) is 59.1 Å². The Morgan fingerprint density at radius 1 is 1.09 bits per heavy atom. The molecule has 0 bridgehead atoms. The van der Waals surface area contributed by atoms with Gasteiger partial charge in [0.2, 0.25) is 5.91 Å². The zero-order chi connectivity index (χ0) is 24.1. The molecule has 8 nitrogen and oxygen atoms in total. The Balaban J connectivity index is 1.71. The van der Waals surface area contributed by atoms with Gasteiger partial charge >= 0.3 is 5.97 Å². The lowest BCUT2D eigenvalue weighted by Crippen LogP contribution is -2.49. The van der Waals surface area contributed by atoms with Gasteiger partial charge in [-0.3, -0.25) is 19.3 Å². The first-order valence-corrected chi connectivity index (χ1v) is 11.0. The first-order chi connectivity index (χ1) is 15.7. The molecule has 2 unspecified atom stereocenters. The topological polar surface area (TPSA) is 105 Å². The number of para-hydroxylation sites is 2. The molecule has 2 aromatic rings. The number of hydrogen-bond acceptors (Lipinski definition) is 5. The molecule has 2 aromatic carbocycles. The Labute approximate surface area is 197 Å². The van der Waals surface area contributed by atoms with E-state index in [0.717, 1.165) is 0 Å². The highest BCUT2D eigenvalue weighted by Crippen LogP contribution is 2.29. The third-order valence-electron chi connectivity index (χ3n) is 5.08. The summed E-state index contributed by atoms with van der Waals surface area (Å²) in [4.78, 5) is 51.9. The van der Waals surface area contributed by atoms with E-state index in [9.17, 15) is 19.2 Å². The minimum atomic E-state index is -1.15. The number of amides is 3. The van der Waals surface area contributed by atoms with Gasteiger partial charge in [0.05, 0.1) is 11.4 Å². The highest BCUT2D eigenvalue weighted by Gasteiger charge is 2.33. The Morgan fingerprint density at radius 3 is 2.42 bits per heavy atom. The first-order valence-electron chi connectivity index (χ1n) is 10.6. The van der Waals surface area contributed by atoms with Crippen molar-refractivity contribution in [2.75, 3.05) is 16.8 Å². The van der Waals surface area contributed by atoms with Crippen molar-refractivity contribution in [1.29, 1.82) is 0 Å². The van der Waals surface area contributed by atoms with Gasteiger partial charge in [-0.25, -0.2) is 4.79 Å². The second-order valence-electron chi connectivity index (χ2n) is 8.23. The van der Waals surface area contributed by atoms with Gasteiger partial charge in [-0.05, 0) is 55.7 Å². The molecule has 0 aliphatic carbocycles. The van der Waals surface area contributed by atoms with Crippen LogP contribution >= 0.6 is 11.6 Å². The van der Waals surface area contributed by atoms with Crippen LogP contribution in [-0.4, -0.2) is 42.4 Å². The van der Waals surface area contributed by atoms with E-state index in [1.807, 2.05) is 13.8 Å². The average Bonchev–Trinajstić information content (AvgIpc) is 2.77. The summed E-state index contributed by atoms with van der Waals surface area (Å²) in [6, 6.07) is 12.2. The highest BCUT2D eigenvalue weighted by atomic mass is 35.5. The van der Waals surface area contributed by atoms with Crippen molar-refractivity contribution < 1.29 is 23.9 Å². The molecule has 1 aliphatic heterocycles. The highest BCUT2D eigenvalue weighted by molar-refractivity contribution is 6.30. The van der Waals surface area contributed by atoms with E-state index in [2.05, 4.69) is 10.6 Å². The summed E-state index contributed by atoms with van der Waals surface area (Å²) < 4.78 is 5.44. The summed E-state index contributed by atoms with van der Waals surface area (Å²) in [5, 5.41) is 5.88. The predicted molar refractivity (Wildman–Crippen MR) is 125 cm³/mol. The van der Waals surface area contributed by atoms with Gasteiger partial charge in [-0.1, -0.05) is 37.6 Å². The van der Waals surface area contributed by atoms with E-state index >= 15 is 0 Å². The molecule has 3 rings (SSSR count). The largest absolute Gasteiger partial charge is 0.451 e. The lowest BCUT2D eigenvalue weighted by Gasteiger charge is -2.31. The van der Waals surface area contributed by atoms with Crippen LogP contribution in [-0.2, 0) is 19.1 Å². The summed E-state index contributed by atoms with van der Waals surface area (Å²) >= 11 is 5.87. The molecular formula is C24H26ClN3O5. The normalized spacial score (nSPS) is 14.7. The number of benzene rings is 2. The standard InChI is InChI=1S/C24H26ClN3O5/c1-14(2)12-19(27-22(30)16-8-10-17(25)11-9-16)24(32)33-15(3)23(31)28-13-21(29)26-18-6-4-5-7-20(18)28/h4-11,14-15,19H,12-13H2,1-3H3,(H,26,29)(H,27,30). The molecule has 0 saturated heterocycles.